The zero-order chi connectivity index (χ0) is 26.4. The number of nitrogens with zero attached hydrogens (tertiary/aromatic N) is 4. The van der Waals surface area contributed by atoms with Gasteiger partial charge in [0.15, 0.2) is 10.8 Å². The number of hydrogen-bond donors (Lipinski definition) is 3. The molecule has 2 aromatic rings. The van der Waals surface area contributed by atoms with Crippen LogP contribution in [0.3, 0.4) is 0 Å². The summed E-state index contributed by atoms with van der Waals surface area (Å²) in [6.07, 6.45) is 7.28. The number of fused-ring (bicyclic) bond motifs is 5. The third-order valence-electron chi connectivity index (χ3n) is 7.24. The van der Waals surface area contributed by atoms with Gasteiger partial charge in [0, 0.05) is 31.4 Å². The Morgan fingerprint density at radius 1 is 1.11 bits per heavy atom. The van der Waals surface area contributed by atoms with E-state index in [0.29, 0.717) is 24.0 Å². The van der Waals surface area contributed by atoms with Crippen molar-refractivity contribution >= 4 is 33.4 Å². The average Bonchev–Trinajstić information content (AvgIpc) is 3.40. The highest BCUT2D eigenvalue weighted by molar-refractivity contribution is 7.90. The Labute approximate surface area is 217 Å². The summed E-state index contributed by atoms with van der Waals surface area (Å²) >= 11 is 0. The second kappa shape index (κ2) is 9.26. The van der Waals surface area contributed by atoms with Crippen molar-refractivity contribution in [2.75, 3.05) is 28.9 Å². The quantitative estimate of drug-likeness (QED) is 0.536. The molecule has 3 N–H and O–H groups in total. The van der Waals surface area contributed by atoms with Gasteiger partial charge in [-0.25, -0.2) is 14.7 Å². The summed E-state index contributed by atoms with van der Waals surface area (Å²) in [6, 6.07) is 8.14. The largest absolute Gasteiger partial charge is 0.370 e. The van der Waals surface area contributed by atoms with Crippen molar-refractivity contribution in [3.8, 4) is 0 Å². The van der Waals surface area contributed by atoms with E-state index in [1.807, 2.05) is 19.2 Å². The van der Waals surface area contributed by atoms with Crippen LogP contribution < -0.4 is 25.4 Å². The van der Waals surface area contributed by atoms with Gasteiger partial charge in [-0.15, -0.1) is 0 Å². The standard InChI is InChI=1S/C25H33N7O4S/c1-24(2)13-12-17-7-6-15-26-19-8-5-9-21(27-19)37(34,35)29-23(33)18-10-11-20(28-22(18)32(17)24)31-16-14-25(3,30-31)36-4/h5,8-11,14,16-17,30H,6-7,12-13,15H2,1-4H3,(H,26,27)(H,29,33). The Balaban J connectivity index is 1.61. The molecule has 2 aromatic heterocycles. The molecular weight excluding hydrogens is 494 g/mol. The van der Waals surface area contributed by atoms with Crippen LogP contribution in [0.25, 0.3) is 0 Å². The number of rotatable bonds is 2. The Bertz CT molecular complexity index is 1350. The van der Waals surface area contributed by atoms with Crippen molar-refractivity contribution in [1.82, 2.24) is 20.1 Å². The molecule has 1 fully saturated rings. The van der Waals surface area contributed by atoms with E-state index in [0.717, 1.165) is 25.7 Å². The number of anilines is 3. The predicted molar refractivity (Wildman–Crippen MR) is 141 cm³/mol. The van der Waals surface area contributed by atoms with E-state index < -0.39 is 21.7 Å². The van der Waals surface area contributed by atoms with Gasteiger partial charge in [0.05, 0.1) is 5.56 Å². The summed E-state index contributed by atoms with van der Waals surface area (Å²) in [7, 11) is -2.59. The highest BCUT2D eigenvalue weighted by Gasteiger charge is 2.42. The van der Waals surface area contributed by atoms with Crippen molar-refractivity contribution in [3.63, 3.8) is 0 Å². The van der Waals surface area contributed by atoms with Crippen LogP contribution in [-0.4, -0.2) is 55.3 Å². The van der Waals surface area contributed by atoms with E-state index in [1.54, 1.807) is 36.4 Å². The number of aromatic nitrogens is 2. The lowest BCUT2D eigenvalue weighted by molar-refractivity contribution is 0.0265. The first-order valence-corrected chi connectivity index (χ1v) is 13.9. The first-order valence-electron chi connectivity index (χ1n) is 12.4. The second-order valence-electron chi connectivity index (χ2n) is 10.4. The molecule has 3 aliphatic rings. The van der Waals surface area contributed by atoms with Crippen LogP contribution in [0.15, 0.2) is 47.6 Å². The van der Waals surface area contributed by atoms with Gasteiger partial charge in [-0.3, -0.25) is 9.80 Å². The maximum Gasteiger partial charge on any atom is 0.281 e. The van der Waals surface area contributed by atoms with Gasteiger partial charge >= 0.3 is 0 Å². The molecule has 2 bridgehead atoms. The molecule has 1 saturated heterocycles. The summed E-state index contributed by atoms with van der Waals surface area (Å²) < 4.78 is 33.9. The number of methoxy groups -OCH3 is 1. The molecule has 1 amide bonds. The Morgan fingerprint density at radius 3 is 2.68 bits per heavy atom. The monoisotopic (exact) mass is 527 g/mol. The Hall–Kier alpha value is -3.22. The smallest absolute Gasteiger partial charge is 0.281 e. The van der Waals surface area contributed by atoms with Crippen LogP contribution in [0.4, 0.5) is 17.5 Å². The highest BCUT2D eigenvalue weighted by atomic mass is 32.2. The van der Waals surface area contributed by atoms with E-state index in [-0.39, 0.29) is 22.2 Å². The van der Waals surface area contributed by atoms with Crippen LogP contribution in [0.5, 0.6) is 0 Å². The van der Waals surface area contributed by atoms with Crippen molar-refractivity contribution in [3.05, 3.63) is 48.2 Å². The predicted octanol–water partition coefficient (Wildman–Crippen LogP) is 2.75. The van der Waals surface area contributed by atoms with E-state index >= 15 is 0 Å². The molecule has 0 aliphatic carbocycles. The third-order valence-corrected chi connectivity index (χ3v) is 8.47. The third kappa shape index (κ3) is 4.88. The number of hydrazine groups is 1. The first kappa shape index (κ1) is 25.4. The number of pyridine rings is 2. The molecule has 12 heteroatoms. The zero-order valence-electron chi connectivity index (χ0n) is 21.5. The molecule has 0 spiro atoms. The summed E-state index contributed by atoms with van der Waals surface area (Å²) in [5.74, 6) is 0.715. The molecule has 5 heterocycles. The van der Waals surface area contributed by atoms with Gasteiger partial charge in [0.2, 0.25) is 0 Å². The van der Waals surface area contributed by atoms with Gasteiger partial charge in [-0.2, -0.15) is 13.8 Å². The van der Waals surface area contributed by atoms with Crippen LogP contribution in [-0.2, 0) is 14.8 Å². The molecule has 37 heavy (non-hydrogen) atoms. The lowest BCUT2D eigenvalue weighted by Crippen LogP contribution is -2.47. The van der Waals surface area contributed by atoms with E-state index in [4.69, 9.17) is 9.72 Å². The number of amides is 1. The fourth-order valence-corrected chi connectivity index (χ4v) is 6.09. The van der Waals surface area contributed by atoms with Gasteiger partial charge in [-0.1, -0.05) is 6.07 Å². The molecule has 2 atom stereocenters. The molecule has 5 rings (SSSR count). The number of nitrogens with one attached hydrogen (secondary N) is 3. The molecular formula is C25H33N7O4S. The van der Waals surface area contributed by atoms with Crippen LogP contribution >= 0.6 is 0 Å². The lowest BCUT2D eigenvalue weighted by Gasteiger charge is -2.38. The van der Waals surface area contributed by atoms with E-state index in [9.17, 15) is 13.2 Å². The second-order valence-corrected chi connectivity index (χ2v) is 12.0. The minimum absolute atomic E-state index is 0.135. The zero-order valence-corrected chi connectivity index (χ0v) is 22.3. The first-order chi connectivity index (χ1) is 17.5. The highest BCUT2D eigenvalue weighted by Crippen LogP contribution is 2.41. The lowest BCUT2D eigenvalue weighted by atomic mass is 10.0. The number of carbonyl (C=O) groups is 1. The SMILES string of the molecule is COC1(C)C=CN(c2ccc3c(n2)N2C(CCCNc4cccc(n4)S(=O)(=O)NC3=O)CCC2(C)C)N1. The minimum atomic E-state index is -4.21. The van der Waals surface area contributed by atoms with Crippen molar-refractivity contribution in [2.24, 2.45) is 0 Å². The van der Waals surface area contributed by atoms with Gasteiger partial charge < -0.3 is 15.0 Å². The fourth-order valence-electron chi connectivity index (χ4n) is 5.15. The maximum absolute atomic E-state index is 13.5. The van der Waals surface area contributed by atoms with Crippen LogP contribution in [0.2, 0.25) is 0 Å². The van der Waals surface area contributed by atoms with E-state index in [2.05, 4.69) is 39.2 Å². The molecule has 3 aliphatic heterocycles. The summed E-state index contributed by atoms with van der Waals surface area (Å²) in [5, 5.41) is 4.72. The van der Waals surface area contributed by atoms with E-state index in [1.165, 1.54) is 6.07 Å². The number of hydrogen-bond acceptors (Lipinski definition) is 10. The molecule has 0 saturated carbocycles. The number of sulfonamides is 1. The van der Waals surface area contributed by atoms with Crippen LogP contribution in [0.1, 0.15) is 56.8 Å². The van der Waals surface area contributed by atoms with Crippen LogP contribution in [0, 0.1) is 0 Å². The molecule has 0 radical (unpaired) electrons. The van der Waals surface area contributed by atoms with Gasteiger partial charge in [0.1, 0.15) is 17.5 Å². The normalized spacial score (nSPS) is 26.6. The molecule has 198 valence electrons. The van der Waals surface area contributed by atoms with Crippen molar-refractivity contribution in [1.29, 1.82) is 0 Å². The fraction of sp³-hybridized carbons (Fsp3) is 0.480. The summed E-state index contributed by atoms with van der Waals surface area (Å²) in [5.41, 5.74) is 2.46. The number of carbonyl (C=O) groups excluding carboxylic acids is 1. The molecule has 2 unspecified atom stereocenters. The molecule has 11 nitrogen and oxygen atoms in total. The van der Waals surface area contributed by atoms with Gasteiger partial charge in [-0.05, 0) is 76.8 Å². The summed E-state index contributed by atoms with van der Waals surface area (Å²) in [6.45, 7) is 6.79. The Morgan fingerprint density at radius 2 is 1.92 bits per heavy atom. The van der Waals surface area contributed by atoms with Gasteiger partial charge in [0.25, 0.3) is 15.9 Å². The Kier molecular flexibility index (Phi) is 6.37. The topological polar surface area (TPSA) is 129 Å². The number of ether oxygens (including phenoxy) is 1. The average molecular weight is 528 g/mol. The summed E-state index contributed by atoms with van der Waals surface area (Å²) in [4.78, 5) is 24.8. The van der Waals surface area contributed by atoms with Crippen molar-refractivity contribution < 1.29 is 17.9 Å². The minimum Gasteiger partial charge on any atom is -0.370 e. The maximum atomic E-state index is 13.5. The van der Waals surface area contributed by atoms with Crippen molar-refractivity contribution in [2.45, 2.75) is 68.8 Å². The molecule has 0 aromatic carbocycles.